The number of hydrogen-bond donors (Lipinski definition) is 3. The SMILES string of the molecule is O=C(NO)C1(NCc2ccc(-c3ccc(OCC4CCCCC4)cc3)cc2)CCS(=O)(=O)CC1. The molecule has 1 heterocycles. The van der Waals surface area contributed by atoms with Crippen LogP contribution in [0.5, 0.6) is 5.75 Å². The number of benzene rings is 2. The number of amides is 1. The van der Waals surface area contributed by atoms with Gasteiger partial charge < -0.3 is 4.74 Å². The summed E-state index contributed by atoms with van der Waals surface area (Å²) in [5.74, 6) is 0.830. The summed E-state index contributed by atoms with van der Waals surface area (Å²) in [7, 11) is -3.14. The number of carbonyl (C=O) groups excluding carboxylic acids is 1. The second-order valence-electron chi connectivity index (χ2n) is 9.56. The van der Waals surface area contributed by atoms with Crippen LogP contribution < -0.4 is 15.5 Å². The second-order valence-corrected chi connectivity index (χ2v) is 11.9. The van der Waals surface area contributed by atoms with Crippen LogP contribution in [0.1, 0.15) is 50.5 Å². The molecule has 184 valence electrons. The van der Waals surface area contributed by atoms with Gasteiger partial charge in [-0.05, 0) is 60.4 Å². The highest BCUT2D eigenvalue weighted by molar-refractivity contribution is 7.91. The van der Waals surface area contributed by atoms with E-state index in [0.717, 1.165) is 29.0 Å². The average molecular weight is 487 g/mol. The normalized spacial score (nSPS) is 19.9. The fourth-order valence-electron chi connectivity index (χ4n) is 4.88. The number of hydroxylamine groups is 1. The van der Waals surface area contributed by atoms with Gasteiger partial charge in [0.05, 0.1) is 18.1 Å². The zero-order valence-electron chi connectivity index (χ0n) is 19.5. The van der Waals surface area contributed by atoms with Gasteiger partial charge in [0.15, 0.2) is 0 Å². The number of hydrogen-bond acceptors (Lipinski definition) is 6. The van der Waals surface area contributed by atoms with Crippen molar-refractivity contribution >= 4 is 15.7 Å². The number of carbonyl (C=O) groups is 1. The minimum atomic E-state index is -3.14. The monoisotopic (exact) mass is 486 g/mol. The summed E-state index contributed by atoms with van der Waals surface area (Å²) in [5, 5.41) is 12.4. The molecule has 2 aromatic carbocycles. The van der Waals surface area contributed by atoms with E-state index in [1.165, 1.54) is 32.1 Å². The summed E-state index contributed by atoms with van der Waals surface area (Å²) in [6, 6.07) is 16.2. The van der Waals surface area contributed by atoms with E-state index in [2.05, 4.69) is 17.4 Å². The van der Waals surface area contributed by atoms with Crippen LogP contribution in [0.4, 0.5) is 0 Å². The minimum Gasteiger partial charge on any atom is -0.493 e. The highest BCUT2D eigenvalue weighted by Gasteiger charge is 2.43. The van der Waals surface area contributed by atoms with E-state index in [9.17, 15) is 13.2 Å². The maximum atomic E-state index is 12.3. The molecule has 0 atom stereocenters. The number of rotatable bonds is 8. The molecule has 1 aliphatic heterocycles. The van der Waals surface area contributed by atoms with Crippen molar-refractivity contribution in [2.24, 2.45) is 5.92 Å². The molecule has 1 aliphatic carbocycles. The van der Waals surface area contributed by atoms with Crippen molar-refractivity contribution in [2.45, 2.75) is 57.0 Å². The molecule has 0 aromatic heterocycles. The van der Waals surface area contributed by atoms with E-state index in [1.54, 1.807) is 5.48 Å². The summed E-state index contributed by atoms with van der Waals surface area (Å²) in [4.78, 5) is 12.3. The van der Waals surface area contributed by atoms with Gasteiger partial charge >= 0.3 is 0 Å². The van der Waals surface area contributed by atoms with Gasteiger partial charge in [-0.3, -0.25) is 15.3 Å². The quantitative estimate of drug-likeness (QED) is 0.387. The van der Waals surface area contributed by atoms with E-state index < -0.39 is 21.3 Å². The smallest absolute Gasteiger partial charge is 0.263 e. The van der Waals surface area contributed by atoms with Gasteiger partial charge in [0, 0.05) is 6.54 Å². The molecule has 1 saturated carbocycles. The van der Waals surface area contributed by atoms with Crippen LogP contribution in [0.3, 0.4) is 0 Å². The van der Waals surface area contributed by atoms with Crippen molar-refractivity contribution < 1.29 is 23.2 Å². The lowest BCUT2D eigenvalue weighted by molar-refractivity contribution is -0.136. The van der Waals surface area contributed by atoms with Crippen molar-refractivity contribution in [1.82, 2.24) is 10.8 Å². The Balaban J connectivity index is 1.33. The fourth-order valence-corrected chi connectivity index (χ4v) is 6.40. The van der Waals surface area contributed by atoms with Gasteiger partial charge in [-0.15, -0.1) is 0 Å². The van der Waals surface area contributed by atoms with Gasteiger partial charge in [-0.1, -0.05) is 55.7 Å². The summed E-state index contributed by atoms with van der Waals surface area (Å²) in [6.45, 7) is 1.18. The van der Waals surface area contributed by atoms with Crippen molar-refractivity contribution in [3.05, 3.63) is 54.1 Å². The highest BCUT2D eigenvalue weighted by atomic mass is 32.2. The van der Waals surface area contributed by atoms with E-state index in [4.69, 9.17) is 9.94 Å². The molecular formula is C26H34N2O5S. The van der Waals surface area contributed by atoms with Crippen molar-refractivity contribution in [3.63, 3.8) is 0 Å². The van der Waals surface area contributed by atoms with Crippen molar-refractivity contribution in [1.29, 1.82) is 0 Å². The highest BCUT2D eigenvalue weighted by Crippen LogP contribution is 2.28. The van der Waals surface area contributed by atoms with Gasteiger partial charge in [0.25, 0.3) is 5.91 Å². The van der Waals surface area contributed by atoms with Crippen molar-refractivity contribution in [3.8, 4) is 16.9 Å². The molecule has 8 heteroatoms. The molecule has 0 radical (unpaired) electrons. The lowest BCUT2D eigenvalue weighted by Crippen LogP contribution is -2.59. The van der Waals surface area contributed by atoms with Crippen LogP contribution in [-0.4, -0.2) is 43.2 Å². The third-order valence-corrected chi connectivity index (χ3v) is 8.85. The Morgan fingerprint density at radius 1 is 0.941 bits per heavy atom. The molecule has 2 aliphatic rings. The molecule has 1 amide bonds. The Morgan fingerprint density at radius 2 is 1.53 bits per heavy atom. The Labute approximate surface area is 201 Å². The Bertz CT molecular complexity index is 1050. The maximum absolute atomic E-state index is 12.3. The Hall–Kier alpha value is -2.42. The first-order valence-corrected chi connectivity index (χ1v) is 13.9. The average Bonchev–Trinajstić information content (AvgIpc) is 2.88. The maximum Gasteiger partial charge on any atom is 0.263 e. The Morgan fingerprint density at radius 3 is 2.12 bits per heavy atom. The first-order chi connectivity index (χ1) is 16.4. The lowest BCUT2D eigenvalue weighted by atomic mass is 9.90. The molecule has 0 bridgehead atoms. The number of ether oxygens (including phenoxy) is 1. The molecule has 2 fully saturated rings. The predicted octanol–water partition coefficient (Wildman–Crippen LogP) is 3.86. The molecule has 4 rings (SSSR count). The van der Waals surface area contributed by atoms with Crippen LogP contribution in [0.15, 0.2) is 48.5 Å². The van der Waals surface area contributed by atoms with Crippen LogP contribution in [0.2, 0.25) is 0 Å². The van der Waals surface area contributed by atoms with E-state index in [0.29, 0.717) is 12.5 Å². The topological polar surface area (TPSA) is 105 Å². The summed E-state index contributed by atoms with van der Waals surface area (Å²) in [5.41, 5.74) is 3.74. The summed E-state index contributed by atoms with van der Waals surface area (Å²) >= 11 is 0. The lowest BCUT2D eigenvalue weighted by Gasteiger charge is -2.35. The molecule has 3 N–H and O–H groups in total. The number of nitrogens with one attached hydrogen (secondary N) is 2. The Kier molecular flexibility index (Phi) is 7.91. The van der Waals surface area contributed by atoms with Gasteiger partial charge in [-0.2, -0.15) is 0 Å². The van der Waals surface area contributed by atoms with Gasteiger partial charge in [0.2, 0.25) is 0 Å². The largest absolute Gasteiger partial charge is 0.493 e. The molecule has 7 nitrogen and oxygen atoms in total. The van der Waals surface area contributed by atoms with E-state index in [1.807, 2.05) is 36.4 Å². The zero-order valence-corrected chi connectivity index (χ0v) is 20.3. The predicted molar refractivity (Wildman–Crippen MR) is 131 cm³/mol. The second kappa shape index (κ2) is 10.9. The molecular weight excluding hydrogens is 452 g/mol. The molecule has 1 saturated heterocycles. The molecule has 34 heavy (non-hydrogen) atoms. The third kappa shape index (κ3) is 6.17. The molecule has 0 unspecified atom stereocenters. The van der Waals surface area contributed by atoms with Gasteiger partial charge in [-0.25, -0.2) is 13.9 Å². The minimum absolute atomic E-state index is 0.0767. The molecule has 2 aromatic rings. The number of sulfone groups is 1. The zero-order chi connectivity index (χ0) is 24.0. The van der Waals surface area contributed by atoms with Crippen LogP contribution in [0, 0.1) is 5.92 Å². The fraction of sp³-hybridized carbons (Fsp3) is 0.500. The van der Waals surface area contributed by atoms with E-state index in [-0.39, 0.29) is 24.3 Å². The van der Waals surface area contributed by atoms with Gasteiger partial charge in [0.1, 0.15) is 21.1 Å². The summed E-state index contributed by atoms with van der Waals surface area (Å²) < 4.78 is 29.6. The molecule has 0 spiro atoms. The first-order valence-electron chi connectivity index (χ1n) is 12.1. The van der Waals surface area contributed by atoms with Crippen molar-refractivity contribution in [2.75, 3.05) is 18.1 Å². The third-order valence-electron chi connectivity index (χ3n) is 7.20. The van der Waals surface area contributed by atoms with E-state index >= 15 is 0 Å². The standard InChI is InChI=1S/C26H34N2O5S/c29-25(28-30)26(14-16-34(31,32)17-15-26)27-18-20-6-8-22(9-7-20)23-10-12-24(13-11-23)33-19-21-4-2-1-3-5-21/h6-13,21,27,30H,1-5,14-19H2,(H,28,29). The van der Waals surface area contributed by atoms with Crippen LogP contribution in [-0.2, 0) is 21.2 Å². The summed E-state index contributed by atoms with van der Waals surface area (Å²) in [6.07, 6.45) is 6.79. The first kappa shape index (κ1) is 24.7. The van der Waals surface area contributed by atoms with Crippen LogP contribution >= 0.6 is 0 Å². The van der Waals surface area contributed by atoms with Crippen LogP contribution in [0.25, 0.3) is 11.1 Å².